The van der Waals surface area contributed by atoms with E-state index in [1.54, 1.807) is 25.1 Å². The summed E-state index contributed by atoms with van der Waals surface area (Å²) in [6.45, 7) is 1.55. The van der Waals surface area contributed by atoms with Crippen molar-refractivity contribution in [1.82, 2.24) is 5.32 Å². The number of nitrogens with one attached hydrogen (secondary N) is 1. The maximum absolute atomic E-state index is 11.8. The minimum absolute atomic E-state index is 0.361. The van der Waals surface area contributed by atoms with E-state index in [0.29, 0.717) is 15.1 Å². The van der Waals surface area contributed by atoms with Crippen molar-refractivity contribution in [3.05, 3.63) is 33.3 Å². The van der Waals surface area contributed by atoms with E-state index in [-0.39, 0.29) is 5.91 Å². The van der Waals surface area contributed by atoms with Crippen LogP contribution >= 0.6 is 27.5 Å². The fourth-order valence-corrected chi connectivity index (χ4v) is 1.65. The molecule has 1 atom stereocenters. The molecule has 0 spiro atoms. The fraction of sp³-hybridized carbons (Fsp3) is 0.273. The van der Waals surface area contributed by atoms with Gasteiger partial charge in [0, 0.05) is 10.0 Å². The molecule has 1 aromatic carbocycles. The summed E-state index contributed by atoms with van der Waals surface area (Å²) in [5, 5.41) is 3.03. The minimum Gasteiger partial charge on any atom is -0.467 e. The molecule has 0 aliphatic carbocycles. The number of carbonyl (C=O) groups is 2. The third-order valence-electron chi connectivity index (χ3n) is 2.08. The molecule has 0 saturated heterocycles. The van der Waals surface area contributed by atoms with Crippen molar-refractivity contribution in [1.29, 1.82) is 0 Å². The predicted octanol–water partition coefficient (Wildman–Crippen LogP) is 2.39. The number of carbonyl (C=O) groups excluding carboxylic acids is 2. The molecular weight excluding hydrogens is 309 g/mol. The van der Waals surface area contributed by atoms with E-state index in [2.05, 4.69) is 26.0 Å². The van der Waals surface area contributed by atoms with Crippen LogP contribution in [-0.4, -0.2) is 25.0 Å². The van der Waals surface area contributed by atoms with Crippen molar-refractivity contribution in [3.63, 3.8) is 0 Å². The van der Waals surface area contributed by atoms with E-state index < -0.39 is 12.0 Å². The van der Waals surface area contributed by atoms with E-state index in [1.165, 1.54) is 7.11 Å². The van der Waals surface area contributed by atoms with Crippen LogP contribution in [0.25, 0.3) is 0 Å². The molecule has 6 heteroatoms. The van der Waals surface area contributed by atoms with Gasteiger partial charge >= 0.3 is 5.97 Å². The van der Waals surface area contributed by atoms with Crippen LogP contribution in [-0.2, 0) is 9.53 Å². The van der Waals surface area contributed by atoms with Crippen molar-refractivity contribution in [2.75, 3.05) is 7.11 Å². The van der Waals surface area contributed by atoms with Crippen molar-refractivity contribution in [3.8, 4) is 0 Å². The molecule has 1 amide bonds. The molecule has 17 heavy (non-hydrogen) atoms. The average molecular weight is 321 g/mol. The van der Waals surface area contributed by atoms with Gasteiger partial charge in [-0.2, -0.15) is 0 Å². The summed E-state index contributed by atoms with van der Waals surface area (Å²) in [4.78, 5) is 22.9. The Hall–Kier alpha value is -1.07. The van der Waals surface area contributed by atoms with Crippen molar-refractivity contribution >= 4 is 39.4 Å². The number of esters is 1. The number of halogens is 2. The number of ether oxygens (including phenoxy) is 1. The minimum atomic E-state index is -0.693. The zero-order valence-corrected chi connectivity index (χ0v) is 11.6. The van der Waals surface area contributed by atoms with Crippen LogP contribution in [0.15, 0.2) is 22.7 Å². The van der Waals surface area contributed by atoms with Gasteiger partial charge < -0.3 is 10.1 Å². The van der Waals surface area contributed by atoms with Crippen LogP contribution in [0.3, 0.4) is 0 Å². The highest BCUT2D eigenvalue weighted by Gasteiger charge is 2.17. The molecule has 0 saturated carbocycles. The lowest BCUT2D eigenvalue weighted by Crippen LogP contribution is -2.39. The Morgan fingerprint density at radius 2 is 2.12 bits per heavy atom. The van der Waals surface area contributed by atoms with Crippen LogP contribution in [0.2, 0.25) is 5.02 Å². The number of hydrogen-bond acceptors (Lipinski definition) is 3. The molecule has 1 aromatic rings. The van der Waals surface area contributed by atoms with Crippen LogP contribution < -0.4 is 5.32 Å². The third-order valence-corrected chi connectivity index (χ3v) is 3.30. The van der Waals surface area contributed by atoms with E-state index in [4.69, 9.17) is 11.6 Å². The maximum Gasteiger partial charge on any atom is 0.328 e. The number of amides is 1. The van der Waals surface area contributed by atoms with Crippen molar-refractivity contribution in [2.24, 2.45) is 0 Å². The molecule has 0 radical (unpaired) electrons. The summed E-state index contributed by atoms with van der Waals surface area (Å²) in [6.07, 6.45) is 0. The quantitative estimate of drug-likeness (QED) is 0.870. The molecule has 0 aliphatic rings. The fourth-order valence-electron chi connectivity index (χ4n) is 1.15. The van der Waals surface area contributed by atoms with Crippen LogP contribution in [0.5, 0.6) is 0 Å². The van der Waals surface area contributed by atoms with E-state index in [9.17, 15) is 9.59 Å². The average Bonchev–Trinajstić information content (AvgIpc) is 2.31. The molecule has 0 fully saturated rings. The highest BCUT2D eigenvalue weighted by Crippen LogP contribution is 2.23. The van der Waals surface area contributed by atoms with E-state index in [1.807, 2.05) is 0 Å². The molecular formula is C11H11BrClNO3. The molecule has 1 rings (SSSR count). The van der Waals surface area contributed by atoms with Gasteiger partial charge in [0.25, 0.3) is 5.91 Å². The monoisotopic (exact) mass is 319 g/mol. The Kier molecular flexibility index (Phi) is 4.96. The van der Waals surface area contributed by atoms with Crippen LogP contribution in [0, 0.1) is 0 Å². The van der Waals surface area contributed by atoms with Gasteiger partial charge in [-0.3, -0.25) is 4.79 Å². The Morgan fingerprint density at radius 1 is 1.47 bits per heavy atom. The van der Waals surface area contributed by atoms with Gasteiger partial charge in [0.2, 0.25) is 0 Å². The second kappa shape index (κ2) is 6.02. The first kappa shape index (κ1) is 14.0. The molecule has 0 aromatic heterocycles. The summed E-state index contributed by atoms with van der Waals surface area (Å²) in [7, 11) is 1.27. The van der Waals surface area contributed by atoms with Gasteiger partial charge in [-0.1, -0.05) is 11.6 Å². The van der Waals surface area contributed by atoms with Gasteiger partial charge in [0.1, 0.15) is 6.04 Å². The lowest BCUT2D eigenvalue weighted by molar-refractivity contribution is -0.142. The molecule has 0 aliphatic heterocycles. The third kappa shape index (κ3) is 3.71. The topological polar surface area (TPSA) is 55.4 Å². The number of hydrogen-bond donors (Lipinski definition) is 1. The van der Waals surface area contributed by atoms with Gasteiger partial charge in [0.15, 0.2) is 0 Å². The summed E-state index contributed by atoms with van der Waals surface area (Å²) in [5.74, 6) is -0.855. The predicted molar refractivity (Wildman–Crippen MR) is 68.1 cm³/mol. The molecule has 1 N–H and O–H groups in total. The lowest BCUT2D eigenvalue weighted by atomic mass is 10.2. The molecule has 92 valence electrons. The van der Waals surface area contributed by atoms with Gasteiger partial charge in [0.05, 0.1) is 12.1 Å². The highest BCUT2D eigenvalue weighted by molar-refractivity contribution is 9.10. The maximum atomic E-state index is 11.8. The Bertz CT molecular complexity index is 450. The lowest BCUT2D eigenvalue weighted by Gasteiger charge is -2.11. The summed E-state index contributed by atoms with van der Waals surface area (Å²) in [6, 6.07) is 4.07. The molecule has 0 heterocycles. The van der Waals surface area contributed by atoms with Gasteiger partial charge in [-0.05, 0) is 41.1 Å². The Balaban J connectivity index is 2.76. The van der Waals surface area contributed by atoms with E-state index in [0.717, 1.165) is 0 Å². The second-order valence-corrected chi connectivity index (χ2v) is 4.61. The highest BCUT2D eigenvalue weighted by atomic mass is 79.9. The summed E-state index contributed by atoms with van der Waals surface area (Å²) >= 11 is 9.03. The normalized spacial score (nSPS) is 11.8. The molecule has 0 bridgehead atoms. The Morgan fingerprint density at radius 3 is 2.65 bits per heavy atom. The standard InChI is InChI=1S/C11H11BrClNO3/c1-6(11(16)17-2)14-10(15)7-3-4-9(13)8(12)5-7/h3-6H,1-2H3,(H,14,15)/t6-/m0/s1. The SMILES string of the molecule is COC(=O)[C@H](C)NC(=O)c1ccc(Cl)c(Br)c1. The summed E-state index contributed by atoms with van der Waals surface area (Å²) < 4.78 is 5.13. The van der Waals surface area contributed by atoms with Gasteiger partial charge in [-0.15, -0.1) is 0 Å². The Labute approximate surface area is 112 Å². The first-order valence-corrected chi connectivity index (χ1v) is 5.96. The number of rotatable bonds is 3. The van der Waals surface area contributed by atoms with Crippen molar-refractivity contribution in [2.45, 2.75) is 13.0 Å². The van der Waals surface area contributed by atoms with Gasteiger partial charge in [-0.25, -0.2) is 4.79 Å². The number of methoxy groups -OCH3 is 1. The number of benzene rings is 1. The zero-order valence-electron chi connectivity index (χ0n) is 9.29. The summed E-state index contributed by atoms with van der Waals surface area (Å²) in [5.41, 5.74) is 0.414. The molecule has 0 unspecified atom stereocenters. The first-order chi connectivity index (χ1) is 7.95. The largest absolute Gasteiger partial charge is 0.467 e. The zero-order chi connectivity index (χ0) is 13.0. The first-order valence-electron chi connectivity index (χ1n) is 4.79. The van der Waals surface area contributed by atoms with Crippen molar-refractivity contribution < 1.29 is 14.3 Å². The second-order valence-electron chi connectivity index (χ2n) is 3.35. The van der Waals surface area contributed by atoms with Crippen LogP contribution in [0.1, 0.15) is 17.3 Å². The van der Waals surface area contributed by atoms with E-state index >= 15 is 0 Å². The smallest absolute Gasteiger partial charge is 0.328 e. The van der Waals surface area contributed by atoms with Crippen LogP contribution in [0.4, 0.5) is 0 Å². The molecule has 4 nitrogen and oxygen atoms in total.